The average Bonchev–Trinajstić information content (AvgIpc) is 3.89. The number of amides is 2. The number of hydrogen-bond donors (Lipinski definition) is 3. The second-order valence-electron chi connectivity index (χ2n) is 20.4. The van der Waals surface area contributed by atoms with Crippen molar-refractivity contribution in [2.24, 2.45) is 5.92 Å². The van der Waals surface area contributed by atoms with Crippen LogP contribution in [0.5, 0.6) is 11.5 Å². The molecule has 0 bridgehead atoms. The molecule has 3 saturated heterocycles. The van der Waals surface area contributed by atoms with E-state index in [-0.39, 0.29) is 35.9 Å². The summed E-state index contributed by atoms with van der Waals surface area (Å²) in [6, 6.07) is 23.7. The van der Waals surface area contributed by atoms with Crippen molar-refractivity contribution in [3.05, 3.63) is 118 Å². The van der Waals surface area contributed by atoms with Crippen LogP contribution >= 0.6 is 11.6 Å². The van der Waals surface area contributed by atoms with E-state index in [1.54, 1.807) is 12.1 Å². The number of piperazine rings is 2. The Bertz CT molecular complexity index is 3260. The first-order valence-corrected chi connectivity index (χ1v) is 26.7. The molecule has 0 unspecified atom stereocenters. The van der Waals surface area contributed by atoms with Gasteiger partial charge in [0.25, 0.3) is 11.8 Å². The number of hydrogen-bond acceptors (Lipinski definition) is 14. The molecule has 3 fully saturated rings. The number of carbonyl (C=O) groups is 2. The maximum atomic E-state index is 14.2. The molecule has 0 radical (unpaired) electrons. The maximum Gasteiger partial charge on any atom is 0.405 e. The van der Waals surface area contributed by atoms with E-state index in [1.165, 1.54) is 15.5 Å². The molecular formula is C56H60ClF4N13O4. The van der Waals surface area contributed by atoms with Gasteiger partial charge in [-0.05, 0) is 78.4 Å². The van der Waals surface area contributed by atoms with Crippen LogP contribution in [0, 0.1) is 17.2 Å². The van der Waals surface area contributed by atoms with Crippen LogP contribution in [0.25, 0.3) is 27.8 Å². The first-order chi connectivity index (χ1) is 37.5. The number of nitrogens with zero attached hydrogens (tertiary/aromatic N) is 12. The highest BCUT2D eigenvalue weighted by atomic mass is 35.5. The molecule has 0 saturated carbocycles. The van der Waals surface area contributed by atoms with Crippen LogP contribution in [0.4, 0.5) is 35.0 Å². The van der Waals surface area contributed by atoms with Gasteiger partial charge in [-0.3, -0.25) is 19.1 Å². The van der Waals surface area contributed by atoms with Crippen molar-refractivity contribution < 1.29 is 37.4 Å². The molecule has 0 aliphatic carbocycles. The monoisotopic (exact) mass is 1090 g/mol. The van der Waals surface area contributed by atoms with Gasteiger partial charge in [-0.2, -0.15) is 23.4 Å². The van der Waals surface area contributed by atoms with Crippen molar-refractivity contribution in [2.45, 2.75) is 64.3 Å². The van der Waals surface area contributed by atoms with Gasteiger partial charge in [0, 0.05) is 107 Å². The number of piperidine rings is 1. The third kappa shape index (κ3) is 11.5. The zero-order valence-electron chi connectivity index (χ0n) is 43.2. The summed E-state index contributed by atoms with van der Waals surface area (Å²) in [4.78, 5) is 49.5. The number of phenolic OH excluding ortho intramolecular Hbond substituents is 2. The molecule has 4 aliphatic heterocycles. The third-order valence-corrected chi connectivity index (χ3v) is 15.7. The van der Waals surface area contributed by atoms with E-state index in [4.69, 9.17) is 21.6 Å². The number of benzene rings is 4. The summed E-state index contributed by atoms with van der Waals surface area (Å²) in [7, 11) is 0. The summed E-state index contributed by atoms with van der Waals surface area (Å²) < 4.78 is 54.8. The Labute approximate surface area is 453 Å². The SMILES string of the molecule is C=C(F)C(=O)N1CCN(c2nc(N3CCC(CN4CCN(Cc5ccc(-n6c(C(=O)NCC(F)(F)F)nnc6-c6cc(CC)c(O)cc6O)cc5)CC4)CC3)nc3c2CCN(c2cccc4cccc(Cl)c24)C3)C[C@@H]1CC#N. The van der Waals surface area contributed by atoms with Crippen molar-refractivity contribution in [3.8, 4) is 34.6 Å². The number of aryl methyl sites for hydroxylation is 1. The molecule has 22 heteroatoms. The van der Waals surface area contributed by atoms with Gasteiger partial charge in [-0.25, -0.2) is 9.37 Å². The molecule has 0 spiro atoms. The summed E-state index contributed by atoms with van der Waals surface area (Å²) in [5, 5.41) is 43.6. The van der Waals surface area contributed by atoms with Gasteiger partial charge in [-0.15, -0.1) is 10.2 Å². The van der Waals surface area contributed by atoms with E-state index in [1.807, 2.05) is 42.6 Å². The van der Waals surface area contributed by atoms with Gasteiger partial charge in [-0.1, -0.05) is 61.5 Å². The fraction of sp³-hybridized carbons (Fsp3) is 0.411. The molecule has 3 N–H and O–H groups in total. The second-order valence-corrected chi connectivity index (χ2v) is 20.8. The van der Waals surface area contributed by atoms with Crippen molar-refractivity contribution in [2.75, 3.05) is 93.2 Å². The summed E-state index contributed by atoms with van der Waals surface area (Å²) in [6.07, 6.45) is -1.63. The number of aromatic hydroxyl groups is 2. The Balaban J connectivity index is 0.794. The third-order valence-electron chi connectivity index (χ3n) is 15.4. The van der Waals surface area contributed by atoms with Crippen LogP contribution in [-0.4, -0.2) is 152 Å². The van der Waals surface area contributed by atoms with Crippen LogP contribution in [0.1, 0.15) is 59.2 Å². The highest BCUT2D eigenvalue weighted by Gasteiger charge is 2.37. The van der Waals surface area contributed by atoms with Crippen molar-refractivity contribution >= 4 is 51.6 Å². The zero-order valence-corrected chi connectivity index (χ0v) is 43.9. The zero-order chi connectivity index (χ0) is 54.8. The Kier molecular flexibility index (Phi) is 15.7. The van der Waals surface area contributed by atoms with Crippen LogP contribution in [0.2, 0.25) is 5.02 Å². The Morgan fingerprint density at radius 1 is 0.872 bits per heavy atom. The molecule has 6 aromatic rings. The van der Waals surface area contributed by atoms with E-state index in [0.29, 0.717) is 73.7 Å². The first-order valence-electron chi connectivity index (χ1n) is 26.3. The van der Waals surface area contributed by atoms with Crippen LogP contribution in [0.3, 0.4) is 0 Å². The number of halogens is 5. The van der Waals surface area contributed by atoms with Gasteiger partial charge < -0.3 is 40.0 Å². The minimum atomic E-state index is -4.65. The molecule has 1 atom stereocenters. The fourth-order valence-corrected chi connectivity index (χ4v) is 11.6. The lowest BCUT2D eigenvalue weighted by molar-refractivity contribution is -0.131. The Morgan fingerprint density at radius 2 is 1.60 bits per heavy atom. The smallest absolute Gasteiger partial charge is 0.405 e. The predicted octanol–water partition coefficient (Wildman–Crippen LogP) is 7.81. The summed E-state index contributed by atoms with van der Waals surface area (Å²) >= 11 is 6.82. The quantitative estimate of drug-likeness (QED) is 0.0709. The number of carbonyl (C=O) groups excluding carboxylic acids is 2. The van der Waals surface area contributed by atoms with Crippen molar-refractivity contribution in [1.82, 2.24) is 44.7 Å². The lowest BCUT2D eigenvalue weighted by Gasteiger charge is -2.43. The van der Waals surface area contributed by atoms with Gasteiger partial charge >= 0.3 is 6.18 Å². The van der Waals surface area contributed by atoms with Gasteiger partial charge in [0.05, 0.1) is 41.4 Å². The topological polar surface area (TPSA) is 186 Å². The van der Waals surface area contributed by atoms with E-state index in [2.05, 4.69) is 65.5 Å². The number of aromatic nitrogens is 5. The molecule has 6 heterocycles. The second kappa shape index (κ2) is 22.8. The fourth-order valence-electron chi connectivity index (χ4n) is 11.3. The molecule has 408 valence electrons. The number of anilines is 3. The van der Waals surface area contributed by atoms with Crippen molar-refractivity contribution in [1.29, 1.82) is 5.26 Å². The molecule has 4 aliphatic rings. The Morgan fingerprint density at radius 3 is 2.31 bits per heavy atom. The number of alkyl halides is 3. The van der Waals surface area contributed by atoms with Crippen LogP contribution < -0.4 is 20.0 Å². The summed E-state index contributed by atoms with van der Waals surface area (Å²) in [5.74, 6) is -1.89. The summed E-state index contributed by atoms with van der Waals surface area (Å²) in [5.41, 5.74) is 5.00. The van der Waals surface area contributed by atoms with E-state index in [0.717, 1.165) is 104 Å². The van der Waals surface area contributed by atoms with Crippen LogP contribution in [-0.2, 0) is 30.7 Å². The lowest BCUT2D eigenvalue weighted by Crippen LogP contribution is -2.56. The number of nitrogens with one attached hydrogen (secondary N) is 1. The highest BCUT2D eigenvalue weighted by Crippen LogP contribution is 2.39. The largest absolute Gasteiger partial charge is 0.508 e. The summed E-state index contributed by atoms with van der Waals surface area (Å²) in [6.45, 7) is 12.3. The number of rotatable bonds is 14. The number of nitriles is 1. The standard InChI is InChI=1S/C56H60ClF4N13O4/c1-3-38-28-43(48(76)29-47(38)75)51-66-67-52(53(77)63-34-56(59,60)61)74(51)40-12-10-36(11-13-40)30-68-22-24-69(25-23-68)31-37-15-19-70(20-16-37)55-64-45-33-71(46-9-5-7-39-6-4-8-44(57)49(39)46)21-17-42(45)50(65-55)72-26-27-73(54(78)35(2)58)41(32-72)14-18-62/h4-13,28-29,37,41,75-76H,2-3,14-17,19-27,30-34H2,1H3,(H,63,77)/t41-/m0/s1. The first kappa shape index (κ1) is 53.8. The minimum Gasteiger partial charge on any atom is -0.508 e. The predicted molar refractivity (Wildman–Crippen MR) is 288 cm³/mol. The number of phenols is 2. The van der Waals surface area contributed by atoms with E-state index >= 15 is 0 Å². The molecule has 17 nitrogen and oxygen atoms in total. The molecule has 2 amide bonds. The highest BCUT2D eigenvalue weighted by molar-refractivity contribution is 6.36. The molecule has 2 aromatic heterocycles. The average molecular weight is 1090 g/mol. The van der Waals surface area contributed by atoms with Crippen LogP contribution in [0.15, 0.2) is 85.2 Å². The minimum absolute atomic E-state index is 0.0167. The molecule has 78 heavy (non-hydrogen) atoms. The maximum absolute atomic E-state index is 14.2. The molecular weight excluding hydrogens is 1030 g/mol. The Hall–Kier alpha value is -7.54. The molecule has 10 rings (SSSR count). The molecule has 4 aromatic carbocycles. The van der Waals surface area contributed by atoms with Gasteiger partial charge in [0.1, 0.15) is 23.9 Å². The van der Waals surface area contributed by atoms with Gasteiger partial charge in [0.15, 0.2) is 11.7 Å². The van der Waals surface area contributed by atoms with E-state index < -0.39 is 42.2 Å². The van der Waals surface area contributed by atoms with E-state index in [9.17, 15) is 42.6 Å². The van der Waals surface area contributed by atoms with Gasteiger partial charge in [0.2, 0.25) is 11.8 Å². The number of fused-ring (bicyclic) bond motifs is 2. The van der Waals surface area contributed by atoms with Crippen molar-refractivity contribution in [3.63, 3.8) is 0 Å². The normalized spacial score (nSPS) is 17.8. The lowest BCUT2D eigenvalue weighted by atomic mass is 9.96.